The first kappa shape index (κ1) is 13.7. The van der Waals surface area contributed by atoms with Crippen molar-refractivity contribution < 1.29 is 4.92 Å². The molecule has 0 saturated heterocycles. The van der Waals surface area contributed by atoms with Crippen LogP contribution in [-0.4, -0.2) is 29.0 Å². The lowest BCUT2D eigenvalue weighted by Gasteiger charge is -2.29. The van der Waals surface area contributed by atoms with Crippen molar-refractivity contribution in [1.82, 2.24) is 10.3 Å². The molecule has 1 aliphatic rings. The summed E-state index contributed by atoms with van der Waals surface area (Å²) in [5.41, 5.74) is 0.867. The van der Waals surface area contributed by atoms with Crippen LogP contribution in [0.5, 0.6) is 0 Å². The van der Waals surface area contributed by atoms with E-state index in [1.165, 1.54) is 0 Å². The summed E-state index contributed by atoms with van der Waals surface area (Å²) in [6.45, 7) is 1.81. The topological polar surface area (TPSA) is 80.1 Å². The minimum atomic E-state index is -0.373. The number of aromatic nitrogens is 1. The predicted octanol–water partition coefficient (Wildman–Crippen LogP) is 2.24. The zero-order valence-electron chi connectivity index (χ0n) is 11.3. The van der Waals surface area contributed by atoms with Crippen molar-refractivity contribution in [3.05, 3.63) is 27.9 Å². The SMILES string of the molecule is CNC1CCC(Nc2ncc(C)cc2[N+](=O)[O-])CC1. The average molecular weight is 264 g/mol. The van der Waals surface area contributed by atoms with E-state index in [1.54, 1.807) is 12.3 Å². The van der Waals surface area contributed by atoms with E-state index in [9.17, 15) is 10.1 Å². The molecule has 1 aromatic heterocycles. The summed E-state index contributed by atoms with van der Waals surface area (Å²) in [6.07, 6.45) is 5.87. The fourth-order valence-corrected chi connectivity index (χ4v) is 2.52. The Bertz CT molecular complexity index is 456. The van der Waals surface area contributed by atoms with Gasteiger partial charge in [0.2, 0.25) is 5.82 Å². The van der Waals surface area contributed by atoms with E-state index in [0.717, 1.165) is 31.2 Å². The standard InChI is InChI=1S/C13H20N4O2/c1-9-7-12(17(18)19)13(15-8-9)16-11-5-3-10(14-2)4-6-11/h7-8,10-11,14H,3-6H2,1-2H3,(H,15,16). The van der Waals surface area contributed by atoms with Crippen LogP contribution in [0, 0.1) is 17.0 Å². The number of rotatable bonds is 4. The molecule has 0 aromatic carbocycles. The summed E-state index contributed by atoms with van der Waals surface area (Å²) in [7, 11) is 1.98. The number of nitro groups is 1. The molecule has 1 saturated carbocycles. The number of aryl methyl sites for hydroxylation is 1. The molecule has 1 aliphatic carbocycles. The molecule has 0 unspecified atom stereocenters. The lowest BCUT2D eigenvalue weighted by atomic mass is 9.91. The monoisotopic (exact) mass is 264 g/mol. The van der Waals surface area contributed by atoms with Crippen LogP contribution in [0.4, 0.5) is 11.5 Å². The minimum Gasteiger partial charge on any atom is -0.362 e. The van der Waals surface area contributed by atoms with Crippen molar-refractivity contribution in [2.24, 2.45) is 0 Å². The summed E-state index contributed by atoms with van der Waals surface area (Å²) >= 11 is 0. The molecule has 1 heterocycles. The largest absolute Gasteiger partial charge is 0.362 e. The first-order valence-electron chi connectivity index (χ1n) is 6.65. The molecule has 1 aromatic rings. The summed E-state index contributed by atoms with van der Waals surface area (Å²) in [6, 6.07) is 2.41. The molecule has 0 bridgehead atoms. The van der Waals surface area contributed by atoms with Crippen LogP contribution >= 0.6 is 0 Å². The molecule has 0 aliphatic heterocycles. The smallest absolute Gasteiger partial charge is 0.311 e. The van der Waals surface area contributed by atoms with Gasteiger partial charge in [0.15, 0.2) is 0 Å². The van der Waals surface area contributed by atoms with Gasteiger partial charge >= 0.3 is 5.69 Å². The second-order valence-electron chi connectivity index (χ2n) is 5.12. The summed E-state index contributed by atoms with van der Waals surface area (Å²) in [4.78, 5) is 14.8. The third-order valence-corrected chi connectivity index (χ3v) is 3.68. The molecule has 1 fully saturated rings. The van der Waals surface area contributed by atoms with Gasteiger partial charge in [0, 0.05) is 24.3 Å². The van der Waals surface area contributed by atoms with Crippen molar-refractivity contribution in [2.75, 3.05) is 12.4 Å². The zero-order chi connectivity index (χ0) is 13.8. The highest BCUT2D eigenvalue weighted by atomic mass is 16.6. The summed E-state index contributed by atoms with van der Waals surface area (Å²) in [5, 5.41) is 17.5. The molecule has 2 N–H and O–H groups in total. The van der Waals surface area contributed by atoms with Crippen molar-refractivity contribution in [2.45, 2.75) is 44.7 Å². The molecule has 104 valence electrons. The molecule has 2 rings (SSSR count). The maximum Gasteiger partial charge on any atom is 0.311 e. The van der Waals surface area contributed by atoms with E-state index < -0.39 is 0 Å². The fourth-order valence-electron chi connectivity index (χ4n) is 2.52. The van der Waals surface area contributed by atoms with Gasteiger partial charge in [-0.05, 0) is 45.2 Å². The fraction of sp³-hybridized carbons (Fsp3) is 0.615. The molecular weight excluding hydrogens is 244 g/mol. The summed E-state index contributed by atoms with van der Waals surface area (Å²) < 4.78 is 0. The van der Waals surface area contributed by atoms with Gasteiger partial charge in [-0.15, -0.1) is 0 Å². The number of nitrogens with one attached hydrogen (secondary N) is 2. The average Bonchev–Trinajstić information content (AvgIpc) is 2.41. The predicted molar refractivity (Wildman–Crippen MR) is 74.4 cm³/mol. The Kier molecular flexibility index (Phi) is 4.31. The Hall–Kier alpha value is -1.69. The van der Waals surface area contributed by atoms with Gasteiger partial charge in [-0.1, -0.05) is 0 Å². The number of pyridine rings is 1. The molecule has 19 heavy (non-hydrogen) atoms. The van der Waals surface area contributed by atoms with E-state index in [0.29, 0.717) is 11.9 Å². The second-order valence-corrected chi connectivity index (χ2v) is 5.12. The Labute approximate surface area is 112 Å². The van der Waals surface area contributed by atoms with Crippen molar-refractivity contribution in [1.29, 1.82) is 0 Å². The third kappa shape index (κ3) is 3.41. The molecule has 0 radical (unpaired) electrons. The van der Waals surface area contributed by atoms with Gasteiger partial charge in [-0.3, -0.25) is 10.1 Å². The van der Waals surface area contributed by atoms with E-state index in [1.807, 2.05) is 14.0 Å². The highest BCUT2D eigenvalue weighted by molar-refractivity contribution is 5.57. The number of hydrogen-bond acceptors (Lipinski definition) is 5. The third-order valence-electron chi connectivity index (χ3n) is 3.68. The van der Waals surface area contributed by atoms with Crippen LogP contribution in [0.3, 0.4) is 0 Å². The Morgan fingerprint density at radius 2 is 1.95 bits per heavy atom. The lowest BCUT2D eigenvalue weighted by Crippen LogP contribution is -2.35. The molecule has 6 heteroatoms. The van der Waals surface area contributed by atoms with Gasteiger partial charge in [0.1, 0.15) is 0 Å². The number of anilines is 1. The Morgan fingerprint density at radius 3 is 2.53 bits per heavy atom. The highest BCUT2D eigenvalue weighted by Crippen LogP contribution is 2.27. The first-order chi connectivity index (χ1) is 9.10. The van der Waals surface area contributed by atoms with Crippen LogP contribution in [0.2, 0.25) is 0 Å². The van der Waals surface area contributed by atoms with Crippen molar-refractivity contribution >= 4 is 11.5 Å². The number of nitrogens with zero attached hydrogens (tertiary/aromatic N) is 2. The maximum absolute atomic E-state index is 11.0. The van der Waals surface area contributed by atoms with Gasteiger partial charge in [-0.25, -0.2) is 4.98 Å². The highest BCUT2D eigenvalue weighted by Gasteiger charge is 2.23. The Balaban J connectivity index is 2.05. The van der Waals surface area contributed by atoms with E-state index >= 15 is 0 Å². The van der Waals surface area contributed by atoms with Crippen LogP contribution in [0.1, 0.15) is 31.2 Å². The van der Waals surface area contributed by atoms with E-state index in [2.05, 4.69) is 15.6 Å². The van der Waals surface area contributed by atoms with Gasteiger partial charge in [0.25, 0.3) is 0 Å². The Morgan fingerprint density at radius 1 is 1.32 bits per heavy atom. The number of hydrogen-bond donors (Lipinski definition) is 2. The minimum absolute atomic E-state index is 0.0655. The van der Waals surface area contributed by atoms with Gasteiger partial charge in [0.05, 0.1) is 4.92 Å². The normalized spacial score (nSPS) is 23.1. The van der Waals surface area contributed by atoms with Crippen LogP contribution in [0.15, 0.2) is 12.3 Å². The first-order valence-corrected chi connectivity index (χ1v) is 6.65. The molecule has 6 nitrogen and oxygen atoms in total. The molecular formula is C13H20N4O2. The second kappa shape index (κ2) is 5.97. The van der Waals surface area contributed by atoms with E-state index in [4.69, 9.17) is 0 Å². The van der Waals surface area contributed by atoms with Crippen LogP contribution in [-0.2, 0) is 0 Å². The van der Waals surface area contributed by atoms with Gasteiger partial charge < -0.3 is 10.6 Å². The lowest BCUT2D eigenvalue weighted by molar-refractivity contribution is -0.384. The summed E-state index contributed by atoms with van der Waals surface area (Å²) in [5.74, 6) is 0.392. The molecule has 0 amide bonds. The van der Waals surface area contributed by atoms with Crippen LogP contribution in [0.25, 0.3) is 0 Å². The van der Waals surface area contributed by atoms with Crippen LogP contribution < -0.4 is 10.6 Å². The van der Waals surface area contributed by atoms with E-state index in [-0.39, 0.29) is 16.7 Å². The molecule has 0 spiro atoms. The zero-order valence-corrected chi connectivity index (χ0v) is 11.3. The maximum atomic E-state index is 11.0. The van der Waals surface area contributed by atoms with Gasteiger partial charge in [-0.2, -0.15) is 0 Å². The van der Waals surface area contributed by atoms with Crippen molar-refractivity contribution in [3.63, 3.8) is 0 Å². The van der Waals surface area contributed by atoms with Crippen molar-refractivity contribution in [3.8, 4) is 0 Å². The molecule has 0 atom stereocenters. The quantitative estimate of drug-likeness (QED) is 0.644.